The Balaban J connectivity index is 1.43. The summed E-state index contributed by atoms with van der Waals surface area (Å²) in [5, 5.41) is 17.4. The fourth-order valence-corrected chi connectivity index (χ4v) is 4.96. The number of hydrogen-bond donors (Lipinski definition) is 0. The van der Waals surface area contributed by atoms with Crippen LogP contribution in [-0.2, 0) is 6.42 Å². The van der Waals surface area contributed by atoms with Gasteiger partial charge < -0.3 is 4.90 Å². The van der Waals surface area contributed by atoms with Crippen LogP contribution in [-0.4, -0.2) is 45.3 Å². The summed E-state index contributed by atoms with van der Waals surface area (Å²) in [5.41, 5.74) is -0.0734. The predicted molar refractivity (Wildman–Crippen MR) is 111 cm³/mol. The zero-order valence-electron chi connectivity index (χ0n) is 18.0. The second-order valence-electron chi connectivity index (χ2n) is 8.65. The highest BCUT2D eigenvalue weighted by Crippen LogP contribution is 2.45. The molecule has 0 aromatic carbocycles. The first-order valence-electron chi connectivity index (χ1n) is 11.1. The van der Waals surface area contributed by atoms with E-state index in [2.05, 4.69) is 21.2 Å². The zero-order chi connectivity index (χ0) is 23.6. The smallest absolute Gasteiger partial charge is 0.303 e. The molecule has 33 heavy (non-hydrogen) atoms. The second kappa shape index (κ2) is 9.59. The van der Waals surface area contributed by atoms with Crippen molar-refractivity contribution in [3.63, 3.8) is 0 Å². The fourth-order valence-electron chi connectivity index (χ4n) is 4.96. The Morgan fingerprint density at radius 1 is 1.09 bits per heavy atom. The van der Waals surface area contributed by atoms with Gasteiger partial charge >= 0.3 is 6.18 Å². The Morgan fingerprint density at radius 3 is 2.67 bits per heavy atom. The summed E-state index contributed by atoms with van der Waals surface area (Å²) >= 11 is 0. The van der Waals surface area contributed by atoms with Crippen LogP contribution in [0.25, 0.3) is 5.65 Å². The van der Waals surface area contributed by atoms with Gasteiger partial charge in [0.25, 0.3) is 0 Å². The molecule has 3 heterocycles. The summed E-state index contributed by atoms with van der Waals surface area (Å²) in [7, 11) is 0. The second-order valence-corrected chi connectivity index (χ2v) is 8.65. The van der Waals surface area contributed by atoms with Gasteiger partial charge in [-0.3, -0.25) is 4.40 Å². The molecular weight excluding hydrogens is 441 g/mol. The minimum absolute atomic E-state index is 0.0395. The van der Waals surface area contributed by atoms with E-state index in [1.54, 1.807) is 22.7 Å². The van der Waals surface area contributed by atoms with Gasteiger partial charge in [0.05, 0.1) is 11.1 Å². The largest absolute Gasteiger partial charge is 0.415 e. The van der Waals surface area contributed by atoms with E-state index in [1.807, 2.05) is 0 Å². The van der Waals surface area contributed by atoms with Crippen molar-refractivity contribution in [3.8, 4) is 6.07 Å². The number of rotatable bonds is 4. The van der Waals surface area contributed by atoms with Gasteiger partial charge in [0.1, 0.15) is 23.5 Å². The van der Waals surface area contributed by atoms with Crippen LogP contribution in [0, 0.1) is 23.2 Å². The lowest BCUT2D eigenvalue weighted by molar-refractivity contribution is -0.104. The molecule has 0 radical (unpaired) electrons. The Hall–Kier alpha value is -2.80. The first-order valence-corrected chi connectivity index (χ1v) is 11.1. The van der Waals surface area contributed by atoms with Crippen molar-refractivity contribution < 1.29 is 22.0 Å². The number of nitriles is 1. The molecule has 0 spiro atoms. The van der Waals surface area contributed by atoms with Crippen molar-refractivity contribution in [1.29, 1.82) is 5.26 Å². The number of hydrogen-bond acceptors (Lipinski definition) is 4. The van der Waals surface area contributed by atoms with Gasteiger partial charge in [-0.1, -0.05) is 0 Å². The number of likely N-dealkylation sites (tertiary alicyclic amines) is 1. The SMILES string of the molecule is N#Cc1ccc2nnc(CCN3CCCC(C4CCC(F)=CC(F)=C4C(F)(F)F)CC3)n2c1. The fraction of sp³-hybridized carbons (Fsp3) is 0.522. The molecule has 2 aliphatic rings. The quantitative estimate of drug-likeness (QED) is 0.576. The molecule has 1 saturated heterocycles. The topological polar surface area (TPSA) is 57.2 Å². The standard InChI is InChI=1S/C23H24F5N5/c24-17-4-5-18(22(19(25)12-17)23(26,27)28)16-2-1-9-32(10-7-16)11-8-21-31-30-20-6-3-15(13-29)14-33(20)21/h3,6,12,14,16,18H,1-2,4-5,7-11H2. The van der Waals surface area contributed by atoms with Crippen molar-refractivity contribution in [3.05, 3.63) is 53.0 Å². The van der Waals surface area contributed by atoms with E-state index in [1.165, 1.54) is 0 Å². The van der Waals surface area contributed by atoms with Crippen LogP contribution in [0.1, 0.15) is 43.5 Å². The summed E-state index contributed by atoms with van der Waals surface area (Å²) in [4.78, 5) is 2.16. The van der Waals surface area contributed by atoms with Crippen molar-refractivity contribution in [1.82, 2.24) is 19.5 Å². The van der Waals surface area contributed by atoms with Gasteiger partial charge in [0.2, 0.25) is 0 Å². The van der Waals surface area contributed by atoms with Crippen molar-refractivity contribution in [2.45, 2.75) is 44.7 Å². The lowest BCUT2D eigenvalue weighted by Crippen LogP contribution is -2.29. The Labute approximate surface area is 188 Å². The van der Waals surface area contributed by atoms with E-state index in [9.17, 15) is 22.0 Å². The molecule has 2 aromatic heterocycles. The van der Waals surface area contributed by atoms with Crippen LogP contribution in [0.4, 0.5) is 22.0 Å². The van der Waals surface area contributed by atoms with E-state index < -0.39 is 29.3 Å². The Bertz CT molecular complexity index is 1110. The normalized spacial score (nSPS) is 23.2. The Morgan fingerprint density at radius 2 is 1.91 bits per heavy atom. The summed E-state index contributed by atoms with van der Waals surface area (Å²) in [5.74, 6) is -3.02. The van der Waals surface area contributed by atoms with E-state index >= 15 is 0 Å². The van der Waals surface area contributed by atoms with Crippen LogP contribution < -0.4 is 0 Å². The molecule has 0 bridgehead atoms. The molecule has 2 unspecified atom stereocenters. The third-order valence-electron chi connectivity index (χ3n) is 6.60. The molecule has 5 nitrogen and oxygen atoms in total. The van der Waals surface area contributed by atoms with Crippen LogP contribution in [0.2, 0.25) is 0 Å². The average molecular weight is 465 g/mol. The first-order chi connectivity index (χ1) is 15.8. The predicted octanol–water partition coefficient (Wildman–Crippen LogP) is 5.29. The molecule has 0 saturated carbocycles. The summed E-state index contributed by atoms with van der Waals surface area (Å²) < 4.78 is 70.7. The van der Waals surface area contributed by atoms with Crippen molar-refractivity contribution >= 4 is 5.65 Å². The number of pyridine rings is 1. The van der Waals surface area contributed by atoms with Crippen molar-refractivity contribution in [2.24, 2.45) is 11.8 Å². The molecule has 0 N–H and O–H groups in total. The van der Waals surface area contributed by atoms with Crippen LogP contribution in [0.3, 0.4) is 0 Å². The molecule has 2 atom stereocenters. The molecular formula is C23H24F5N5. The van der Waals surface area contributed by atoms with Gasteiger partial charge in [-0.25, -0.2) is 8.78 Å². The minimum Gasteiger partial charge on any atom is -0.303 e. The third kappa shape index (κ3) is 5.24. The highest BCUT2D eigenvalue weighted by molar-refractivity contribution is 5.42. The number of aromatic nitrogens is 3. The molecule has 176 valence electrons. The van der Waals surface area contributed by atoms with Crippen LogP contribution in [0.15, 0.2) is 41.6 Å². The highest BCUT2D eigenvalue weighted by atomic mass is 19.4. The molecule has 2 aromatic rings. The van der Waals surface area contributed by atoms with Crippen molar-refractivity contribution in [2.75, 3.05) is 19.6 Å². The first kappa shape index (κ1) is 23.4. The number of alkyl halides is 3. The van der Waals surface area contributed by atoms with E-state index in [0.29, 0.717) is 68.4 Å². The number of halogens is 5. The zero-order valence-corrected chi connectivity index (χ0v) is 18.0. The molecule has 10 heteroatoms. The Kier molecular flexibility index (Phi) is 6.79. The number of fused-ring (bicyclic) bond motifs is 1. The van der Waals surface area contributed by atoms with E-state index in [4.69, 9.17) is 5.26 Å². The summed E-state index contributed by atoms with van der Waals surface area (Å²) in [6.07, 6.45) is -0.685. The lowest BCUT2D eigenvalue weighted by atomic mass is 9.78. The molecule has 1 fully saturated rings. The van der Waals surface area contributed by atoms with E-state index in [-0.39, 0.29) is 18.8 Å². The molecule has 1 aliphatic carbocycles. The third-order valence-corrected chi connectivity index (χ3v) is 6.60. The monoisotopic (exact) mass is 465 g/mol. The maximum atomic E-state index is 14.3. The maximum absolute atomic E-state index is 14.3. The van der Waals surface area contributed by atoms with Crippen LogP contribution >= 0.6 is 0 Å². The van der Waals surface area contributed by atoms with Gasteiger partial charge in [-0.15, -0.1) is 10.2 Å². The van der Waals surface area contributed by atoms with Gasteiger partial charge in [-0.05, 0) is 69.2 Å². The lowest BCUT2D eigenvalue weighted by Gasteiger charge is -2.29. The highest BCUT2D eigenvalue weighted by Gasteiger charge is 2.45. The van der Waals surface area contributed by atoms with Gasteiger partial charge in [0.15, 0.2) is 5.65 Å². The summed E-state index contributed by atoms with van der Waals surface area (Å²) in [6, 6.07) is 5.48. The average Bonchev–Trinajstić information content (AvgIpc) is 2.91. The number of allylic oxidation sites excluding steroid dienone is 4. The van der Waals surface area contributed by atoms with Gasteiger partial charge in [-0.2, -0.15) is 18.4 Å². The maximum Gasteiger partial charge on any atom is 0.415 e. The minimum atomic E-state index is -4.82. The summed E-state index contributed by atoms with van der Waals surface area (Å²) in [6.45, 7) is 1.93. The van der Waals surface area contributed by atoms with E-state index in [0.717, 1.165) is 0 Å². The number of nitrogens with zero attached hydrogens (tertiary/aromatic N) is 5. The molecule has 0 amide bonds. The molecule has 1 aliphatic heterocycles. The molecule has 4 rings (SSSR count). The van der Waals surface area contributed by atoms with Gasteiger partial charge in [0, 0.05) is 25.2 Å². The van der Waals surface area contributed by atoms with Crippen LogP contribution in [0.5, 0.6) is 0 Å².